The summed E-state index contributed by atoms with van der Waals surface area (Å²) in [6.07, 6.45) is 3.58. The number of nitrogens with zero attached hydrogens (tertiary/aromatic N) is 2. The van der Waals surface area contributed by atoms with Gasteiger partial charge in [0, 0.05) is 19.2 Å². The Balaban J connectivity index is 2.53. The predicted molar refractivity (Wildman–Crippen MR) is 49.6 cm³/mol. The summed E-state index contributed by atoms with van der Waals surface area (Å²) in [6.45, 7) is 3.33. The topological polar surface area (TPSA) is 36.3 Å². The van der Waals surface area contributed by atoms with Gasteiger partial charge in [0.15, 0.2) is 0 Å². The smallest absolute Gasteiger partial charge is 0.0939 e. The van der Waals surface area contributed by atoms with Crippen LogP contribution in [-0.2, 0) is 4.74 Å². The summed E-state index contributed by atoms with van der Waals surface area (Å²) in [6, 6.07) is 2.05. The first-order valence-corrected chi connectivity index (χ1v) is 5.07. The summed E-state index contributed by atoms with van der Waals surface area (Å²) >= 11 is 1.61. The van der Waals surface area contributed by atoms with Gasteiger partial charge in [-0.25, -0.2) is 0 Å². The first-order chi connectivity index (χ1) is 5.88. The van der Waals surface area contributed by atoms with E-state index in [9.17, 15) is 0 Å². The van der Waals surface area contributed by atoms with Gasteiger partial charge in [-0.05, 0) is 6.26 Å². The van der Waals surface area contributed by atoms with Crippen LogP contribution < -0.4 is 0 Å². The minimum atomic E-state index is 0.767. The summed E-state index contributed by atoms with van der Waals surface area (Å²) in [4.78, 5) is 2.18. The zero-order valence-corrected chi connectivity index (χ0v) is 7.93. The molecular formula is C8H12N2OS. The second-order valence-corrected chi connectivity index (χ2v) is 3.24. The second-order valence-electron chi connectivity index (χ2n) is 2.42. The van der Waals surface area contributed by atoms with E-state index in [4.69, 9.17) is 10.00 Å². The normalized spacial score (nSPS) is 19.0. The van der Waals surface area contributed by atoms with Crippen LogP contribution in [0.1, 0.15) is 0 Å². The zero-order chi connectivity index (χ0) is 8.81. The van der Waals surface area contributed by atoms with Gasteiger partial charge in [0.2, 0.25) is 0 Å². The molecular weight excluding hydrogens is 172 g/mol. The number of rotatable bonds is 2. The first kappa shape index (κ1) is 9.43. The Morgan fingerprint density at radius 1 is 1.58 bits per heavy atom. The van der Waals surface area contributed by atoms with Crippen molar-refractivity contribution in [2.75, 3.05) is 32.6 Å². The van der Waals surface area contributed by atoms with E-state index >= 15 is 0 Å². The summed E-state index contributed by atoms with van der Waals surface area (Å²) < 4.78 is 5.21. The Morgan fingerprint density at radius 2 is 2.25 bits per heavy atom. The van der Waals surface area contributed by atoms with Crippen molar-refractivity contribution in [3.63, 3.8) is 0 Å². The fraction of sp³-hybridized carbons (Fsp3) is 0.625. The van der Waals surface area contributed by atoms with E-state index in [2.05, 4.69) is 11.0 Å². The summed E-state index contributed by atoms with van der Waals surface area (Å²) in [5.74, 6) is 0. The molecule has 0 radical (unpaired) electrons. The maximum atomic E-state index is 8.50. The number of allylic oxidation sites excluding steroid dienone is 1. The van der Waals surface area contributed by atoms with Crippen LogP contribution in [-0.4, -0.2) is 37.5 Å². The molecule has 0 aromatic rings. The molecule has 1 fully saturated rings. The molecule has 1 rings (SSSR count). The van der Waals surface area contributed by atoms with Crippen molar-refractivity contribution in [2.45, 2.75) is 0 Å². The van der Waals surface area contributed by atoms with Gasteiger partial charge in [-0.1, -0.05) is 0 Å². The summed E-state index contributed by atoms with van der Waals surface area (Å²) in [7, 11) is 0. The second kappa shape index (κ2) is 5.07. The molecule has 0 unspecified atom stereocenters. The fourth-order valence-electron chi connectivity index (χ4n) is 1.12. The molecule has 12 heavy (non-hydrogen) atoms. The van der Waals surface area contributed by atoms with Gasteiger partial charge in [0.25, 0.3) is 0 Å². The van der Waals surface area contributed by atoms with Gasteiger partial charge in [0.05, 0.1) is 24.3 Å². The fourth-order valence-corrected chi connectivity index (χ4v) is 1.73. The van der Waals surface area contributed by atoms with E-state index in [1.165, 1.54) is 0 Å². The molecule has 0 aliphatic carbocycles. The molecule has 4 heteroatoms. The van der Waals surface area contributed by atoms with Crippen LogP contribution in [0.4, 0.5) is 0 Å². The predicted octanol–water partition coefficient (Wildman–Crippen LogP) is 1.05. The number of hydrogen-bond acceptors (Lipinski definition) is 4. The van der Waals surface area contributed by atoms with Gasteiger partial charge in [-0.2, -0.15) is 5.26 Å². The van der Waals surface area contributed by atoms with Crippen LogP contribution in [0.3, 0.4) is 0 Å². The summed E-state index contributed by atoms with van der Waals surface area (Å²) in [5, 5.41) is 9.54. The zero-order valence-electron chi connectivity index (χ0n) is 7.12. The maximum Gasteiger partial charge on any atom is 0.0939 e. The van der Waals surface area contributed by atoms with Crippen molar-refractivity contribution in [3.05, 3.63) is 11.1 Å². The lowest BCUT2D eigenvalue weighted by Crippen LogP contribution is -2.34. The third-order valence-corrected chi connectivity index (χ3v) is 2.51. The molecule has 0 spiro atoms. The van der Waals surface area contributed by atoms with Crippen molar-refractivity contribution >= 4 is 11.8 Å². The largest absolute Gasteiger partial charge is 0.378 e. The standard InChI is InChI=1S/C8H12N2OS/c1-12-8(2-3-9)10-4-6-11-7-5-10/h2H,4-7H2,1H3/b8-2-. The average Bonchev–Trinajstić information content (AvgIpc) is 2.15. The van der Waals surface area contributed by atoms with Crippen LogP contribution in [0.5, 0.6) is 0 Å². The van der Waals surface area contributed by atoms with E-state index < -0.39 is 0 Å². The molecule has 0 amide bonds. The third kappa shape index (κ3) is 2.43. The van der Waals surface area contributed by atoms with Crippen molar-refractivity contribution in [3.8, 4) is 6.07 Å². The minimum absolute atomic E-state index is 0.767. The molecule has 1 heterocycles. The maximum absolute atomic E-state index is 8.50. The lowest BCUT2D eigenvalue weighted by atomic mass is 10.4. The molecule has 3 nitrogen and oxygen atoms in total. The molecule has 0 atom stereocenters. The van der Waals surface area contributed by atoms with Crippen molar-refractivity contribution in [1.29, 1.82) is 5.26 Å². The van der Waals surface area contributed by atoms with E-state index in [1.54, 1.807) is 17.8 Å². The molecule has 0 aromatic heterocycles. The highest BCUT2D eigenvalue weighted by Crippen LogP contribution is 2.17. The molecule has 0 aromatic carbocycles. The highest BCUT2D eigenvalue weighted by molar-refractivity contribution is 8.02. The van der Waals surface area contributed by atoms with E-state index in [0.717, 1.165) is 31.3 Å². The number of thioether (sulfide) groups is 1. The lowest BCUT2D eigenvalue weighted by molar-refractivity contribution is 0.0577. The van der Waals surface area contributed by atoms with Gasteiger partial charge in [-0.3, -0.25) is 0 Å². The van der Waals surface area contributed by atoms with Gasteiger partial charge >= 0.3 is 0 Å². The van der Waals surface area contributed by atoms with E-state index in [-0.39, 0.29) is 0 Å². The molecule has 0 N–H and O–H groups in total. The summed E-state index contributed by atoms with van der Waals surface area (Å²) in [5.41, 5.74) is 0. The molecule has 1 aliphatic rings. The first-order valence-electron chi connectivity index (χ1n) is 3.85. The quantitative estimate of drug-likeness (QED) is 0.601. The Hall–Kier alpha value is -0.660. The van der Waals surface area contributed by atoms with Gasteiger partial charge in [-0.15, -0.1) is 11.8 Å². The van der Waals surface area contributed by atoms with E-state index in [1.807, 2.05) is 6.26 Å². The minimum Gasteiger partial charge on any atom is -0.378 e. The molecule has 0 saturated carbocycles. The molecule has 0 bridgehead atoms. The monoisotopic (exact) mass is 184 g/mol. The number of ether oxygens (including phenoxy) is 1. The van der Waals surface area contributed by atoms with Crippen LogP contribution in [0.25, 0.3) is 0 Å². The van der Waals surface area contributed by atoms with Crippen LogP contribution in [0.2, 0.25) is 0 Å². The average molecular weight is 184 g/mol. The number of nitriles is 1. The number of hydrogen-bond donors (Lipinski definition) is 0. The Kier molecular flexibility index (Phi) is 3.98. The van der Waals surface area contributed by atoms with Crippen LogP contribution in [0, 0.1) is 11.3 Å². The van der Waals surface area contributed by atoms with Crippen LogP contribution >= 0.6 is 11.8 Å². The van der Waals surface area contributed by atoms with Crippen LogP contribution in [0.15, 0.2) is 11.1 Å². The van der Waals surface area contributed by atoms with Gasteiger partial charge in [0.1, 0.15) is 0 Å². The van der Waals surface area contributed by atoms with Crippen molar-refractivity contribution < 1.29 is 4.74 Å². The van der Waals surface area contributed by atoms with Gasteiger partial charge < -0.3 is 9.64 Å². The Bertz CT molecular complexity index is 204. The Morgan fingerprint density at radius 3 is 2.75 bits per heavy atom. The highest BCUT2D eigenvalue weighted by atomic mass is 32.2. The van der Waals surface area contributed by atoms with E-state index in [0.29, 0.717) is 0 Å². The molecule has 66 valence electrons. The number of morpholine rings is 1. The molecule has 1 aliphatic heterocycles. The van der Waals surface area contributed by atoms with Crippen molar-refractivity contribution in [1.82, 2.24) is 4.90 Å². The lowest BCUT2D eigenvalue weighted by Gasteiger charge is -2.29. The third-order valence-electron chi connectivity index (χ3n) is 1.72. The highest BCUT2D eigenvalue weighted by Gasteiger charge is 2.12. The van der Waals surface area contributed by atoms with Crippen molar-refractivity contribution in [2.24, 2.45) is 0 Å². The Labute approximate surface area is 77.0 Å². The SMILES string of the molecule is CS/C(=C\C#N)N1CCOCC1. The molecule has 1 saturated heterocycles.